The summed E-state index contributed by atoms with van der Waals surface area (Å²) in [6.07, 6.45) is 4.52. The van der Waals surface area contributed by atoms with Crippen LogP contribution in [0.5, 0.6) is 0 Å². The number of benzene rings is 1. The lowest BCUT2D eigenvalue weighted by Crippen LogP contribution is -2.52. The Balaban J connectivity index is 1.77. The average molecular weight is 311 g/mol. The lowest BCUT2D eigenvalue weighted by molar-refractivity contribution is 0.0434. The van der Waals surface area contributed by atoms with Gasteiger partial charge in [0, 0.05) is 25.0 Å². The second-order valence-electron chi connectivity index (χ2n) is 6.23. The highest BCUT2D eigenvalue weighted by atomic mass is 35.5. The molecule has 1 N–H and O–H groups in total. The average Bonchev–Trinajstić information content (AvgIpc) is 2.47. The number of carbonyl (C=O) groups is 1. The van der Waals surface area contributed by atoms with E-state index < -0.39 is 5.82 Å². The van der Waals surface area contributed by atoms with Gasteiger partial charge in [0.15, 0.2) is 0 Å². The van der Waals surface area contributed by atoms with Crippen molar-refractivity contribution in [3.05, 3.63) is 34.6 Å². The van der Waals surface area contributed by atoms with Gasteiger partial charge in [0.05, 0.1) is 10.6 Å². The predicted octanol–water partition coefficient (Wildman–Crippen LogP) is 3.08. The zero-order valence-corrected chi connectivity index (χ0v) is 12.8. The van der Waals surface area contributed by atoms with Crippen LogP contribution in [-0.2, 0) is 0 Å². The zero-order valence-electron chi connectivity index (χ0n) is 12.0. The van der Waals surface area contributed by atoms with Crippen molar-refractivity contribution in [2.24, 2.45) is 5.41 Å². The summed E-state index contributed by atoms with van der Waals surface area (Å²) in [7, 11) is 0. The molecular weight excluding hydrogens is 291 g/mol. The molecule has 2 heterocycles. The zero-order chi connectivity index (χ0) is 14.9. The Morgan fingerprint density at radius 2 is 2.14 bits per heavy atom. The van der Waals surface area contributed by atoms with E-state index in [-0.39, 0.29) is 16.3 Å². The van der Waals surface area contributed by atoms with Gasteiger partial charge in [-0.05, 0) is 50.4 Å². The minimum atomic E-state index is -0.414. The molecule has 3 nitrogen and oxygen atoms in total. The SMILES string of the molecule is O=C(c1ccc(F)cc1Cl)N1CCCC2(CCCNC2)C1. The van der Waals surface area contributed by atoms with Crippen LogP contribution < -0.4 is 5.32 Å². The summed E-state index contributed by atoms with van der Waals surface area (Å²) in [6, 6.07) is 3.98. The van der Waals surface area contributed by atoms with E-state index in [0.29, 0.717) is 5.56 Å². The van der Waals surface area contributed by atoms with Crippen LogP contribution in [0.3, 0.4) is 0 Å². The Morgan fingerprint density at radius 3 is 2.86 bits per heavy atom. The normalized spacial score (nSPS) is 26.1. The fourth-order valence-corrected chi connectivity index (χ4v) is 3.84. The molecule has 0 aliphatic carbocycles. The van der Waals surface area contributed by atoms with Gasteiger partial charge in [-0.2, -0.15) is 0 Å². The number of piperidine rings is 2. The van der Waals surface area contributed by atoms with Crippen LogP contribution in [0, 0.1) is 11.2 Å². The van der Waals surface area contributed by atoms with Gasteiger partial charge in [0.2, 0.25) is 0 Å². The number of amides is 1. The number of hydrogen-bond donors (Lipinski definition) is 1. The number of rotatable bonds is 1. The molecule has 0 aromatic heterocycles. The molecule has 1 spiro atoms. The number of hydrogen-bond acceptors (Lipinski definition) is 2. The van der Waals surface area contributed by atoms with Crippen molar-refractivity contribution < 1.29 is 9.18 Å². The number of halogens is 2. The summed E-state index contributed by atoms with van der Waals surface area (Å²) in [6.45, 7) is 3.58. The molecule has 21 heavy (non-hydrogen) atoms. The van der Waals surface area contributed by atoms with Crippen LogP contribution in [0.15, 0.2) is 18.2 Å². The van der Waals surface area contributed by atoms with Crippen molar-refractivity contribution in [1.29, 1.82) is 0 Å². The molecule has 114 valence electrons. The highest BCUT2D eigenvalue weighted by Gasteiger charge is 2.38. The summed E-state index contributed by atoms with van der Waals surface area (Å²) in [5.74, 6) is -0.493. The maximum absolute atomic E-state index is 13.1. The van der Waals surface area contributed by atoms with Crippen molar-refractivity contribution in [3.63, 3.8) is 0 Å². The van der Waals surface area contributed by atoms with Gasteiger partial charge in [0.1, 0.15) is 5.82 Å². The molecule has 1 aromatic rings. The summed E-state index contributed by atoms with van der Waals surface area (Å²) >= 11 is 6.02. The largest absolute Gasteiger partial charge is 0.338 e. The van der Waals surface area contributed by atoms with Crippen LogP contribution >= 0.6 is 11.6 Å². The van der Waals surface area contributed by atoms with E-state index in [4.69, 9.17) is 11.6 Å². The molecule has 0 bridgehead atoms. The summed E-state index contributed by atoms with van der Waals surface area (Å²) in [4.78, 5) is 14.5. The number of nitrogens with one attached hydrogen (secondary N) is 1. The van der Waals surface area contributed by atoms with E-state index in [2.05, 4.69) is 5.32 Å². The summed E-state index contributed by atoms with van der Waals surface area (Å²) in [5.41, 5.74) is 0.609. The van der Waals surface area contributed by atoms with Crippen molar-refractivity contribution in [2.75, 3.05) is 26.2 Å². The maximum atomic E-state index is 13.1. The monoisotopic (exact) mass is 310 g/mol. The third-order valence-electron chi connectivity index (χ3n) is 4.67. The summed E-state index contributed by atoms with van der Waals surface area (Å²) < 4.78 is 13.1. The van der Waals surface area contributed by atoms with E-state index in [1.807, 2.05) is 4.90 Å². The van der Waals surface area contributed by atoms with Crippen molar-refractivity contribution in [1.82, 2.24) is 10.2 Å². The third-order valence-corrected chi connectivity index (χ3v) is 4.98. The molecule has 1 amide bonds. The quantitative estimate of drug-likeness (QED) is 0.864. The lowest BCUT2D eigenvalue weighted by Gasteiger charge is -2.45. The number of likely N-dealkylation sites (tertiary alicyclic amines) is 1. The first-order valence-corrected chi connectivity index (χ1v) is 7.93. The Bertz CT molecular complexity index is 538. The highest BCUT2D eigenvalue weighted by Crippen LogP contribution is 2.36. The van der Waals surface area contributed by atoms with E-state index >= 15 is 0 Å². The standard InChI is InChI=1S/C16H20ClFN2O/c17-14-9-12(18)3-4-13(14)15(21)20-8-2-6-16(11-20)5-1-7-19-10-16/h3-4,9,19H,1-2,5-8,10-11H2. The number of nitrogens with zero attached hydrogens (tertiary/aromatic N) is 1. The topological polar surface area (TPSA) is 32.3 Å². The van der Waals surface area contributed by atoms with Gasteiger partial charge < -0.3 is 10.2 Å². The van der Waals surface area contributed by atoms with E-state index in [1.54, 1.807) is 0 Å². The van der Waals surface area contributed by atoms with E-state index in [0.717, 1.165) is 32.6 Å². The second kappa shape index (κ2) is 5.93. The van der Waals surface area contributed by atoms with Crippen molar-refractivity contribution in [2.45, 2.75) is 25.7 Å². The second-order valence-corrected chi connectivity index (χ2v) is 6.64. The van der Waals surface area contributed by atoms with Gasteiger partial charge in [-0.15, -0.1) is 0 Å². The van der Waals surface area contributed by atoms with Gasteiger partial charge >= 0.3 is 0 Å². The molecule has 2 aliphatic rings. The molecule has 2 saturated heterocycles. The third kappa shape index (κ3) is 3.06. The van der Waals surface area contributed by atoms with Crippen LogP contribution in [0.2, 0.25) is 5.02 Å². The molecule has 5 heteroatoms. The Morgan fingerprint density at radius 1 is 1.33 bits per heavy atom. The molecular formula is C16H20ClFN2O. The fraction of sp³-hybridized carbons (Fsp3) is 0.562. The van der Waals surface area contributed by atoms with Gasteiger partial charge in [0.25, 0.3) is 5.91 Å². The van der Waals surface area contributed by atoms with Gasteiger partial charge in [-0.3, -0.25) is 4.79 Å². The molecule has 0 radical (unpaired) electrons. The minimum Gasteiger partial charge on any atom is -0.338 e. The van der Waals surface area contributed by atoms with Crippen molar-refractivity contribution >= 4 is 17.5 Å². The first-order chi connectivity index (χ1) is 10.1. The minimum absolute atomic E-state index is 0.0790. The van der Waals surface area contributed by atoms with Crippen LogP contribution in [0.1, 0.15) is 36.0 Å². The number of carbonyl (C=O) groups excluding carboxylic acids is 1. The van der Waals surface area contributed by atoms with Crippen LogP contribution in [-0.4, -0.2) is 37.0 Å². The van der Waals surface area contributed by atoms with Crippen LogP contribution in [0.4, 0.5) is 4.39 Å². The molecule has 2 fully saturated rings. The molecule has 2 aliphatic heterocycles. The highest BCUT2D eigenvalue weighted by molar-refractivity contribution is 6.33. The maximum Gasteiger partial charge on any atom is 0.255 e. The van der Waals surface area contributed by atoms with E-state index in [9.17, 15) is 9.18 Å². The molecule has 1 unspecified atom stereocenters. The Hall–Kier alpha value is -1.13. The molecule has 0 saturated carbocycles. The Kier molecular flexibility index (Phi) is 4.18. The van der Waals surface area contributed by atoms with E-state index in [1.165, 1.54) is 37.5 Å². The molecule has 1 atom stereocenters. The Labute approximate surface area is 129 Å². The smallest absolute Gasteiger partial charge is 0.255 e. The molecule has 1 aromatic carbocycles. The van der Waals surface area contributed by atoms with Crippen molar-refractivity contribution in [3.8, 4) is 0 Å². The van der Waals surface area contributed by atoms with Crippen LogP contribution in [0.25, 0.3) is 0 Å². The molecule has 3 rings (SSSR count). The van der Waals surface area contributed by atoms with Gasteiger partial charge in [-0.25, -0.2) is 4.39 Å². The van der Waals surface area contributed by atoms with Gasteiger partial charge in [-0.1, -0.05) is 11.6 Å². The first kappa shape index (κ1) is 14.8. The predicted molar refractivity (Wildman–Crippen MR) is 81.1 cm³/mol. The first-order valence-electron chi connectivity index (χ1n) is 7.55. The summed E-state index contributed by atoms with van der Waals surface area (Å²) in [5, 5.41) is 3.65. The lowest BCUT2D eigenvalue weighted by atomic mass is 9.74. The fourth-order valence-electron chi connectivity index (χ4n) is 3.59.